The maximum absolute atomic E-state index is 14.5. The third-order valence-corrected chi connectivity index (χ3v) is 11.7. The summed E-state index contributed by atoms with van der Waals surface area (Å²) in [6.07, 6.45) is 9.73. The van der Waals surface area contributed by atoms with Gasteiger partial charge in [0.1, 0.15) is 47.0 Å². The number of amides is 3. The second-order valence-electron chi connectivity index (χ2n) is 14.6. The van der Waals surface area contributed by atoms with Crippen molar-refractivity contribution >= 4 is 51.2 Å². The van der Waals surface area contributed by atoms with Crippen molar-refractivity contribution in [1.82, 2.24) is 25.5 Å². The summed E-state index contributed by atoms with van der Waals surface area (Å²) < 4.78 is 17.9. The van der Waals surface area contributed by atoms with Crippen LogP contribution in [0, 0.1) is 5.92 Å². The number of aliphatic carboxylic acids is 1. The molecule has 4 N–H and O–H groups in total. The molecule has 3 aromatic rings. The number of carbonyl (C=O) groups is 4. The fourth-order valence-corrected chi connectivity index (χ4v) is 8.59. The van der Waals surface area contributed by atoms with Crippen LogP contribution in [0.3, 0.4) is 0 Å². The maximum Gasteiger partial charge on any atom is 0.408 e. The number of carboxylic acids is 1. The van der Waals surface area contributed by atoms with Crippen molar-refractivity contribution in [2.45, 2.75) is 107 Å². The molecular formula is C39H48N6O8S. The molecule has 14 nitrogen and oxygen atoms in total. The molecule has 2 aliphatic carbocycles. The smallest absolute Gasteiger partial charge is 0.408 e. The number of hydrogen-bond donors (Lipinski definition) is 4. The third kappa shape index (κ3) is 8.10. The van der Waals surface area contributed by atoms with Crippen LogP contribution >= 0.6 is 11.3 Å². The molecule has 5 atom stereocenters. The van der Waals surface area contributed by atoms with Crippen LogP contribution < -0.4 is 25.4 Å². The second kappa shape index (κ2) is 16.2. The lowest BCUT2D eigenvalue weighted by molar-refractivity contribution is -0.145. The van der Waals surface area contributed by atoms with Crippen molar-refractivity contribution in [3.05, 3.63) is 41.8 Å². The van der Waals surface area contributed by atoms with Gasteiger partial charge in [-0.15, -0.1) is 11.3 Å². The van der Waals surface area contributed by atoms with E-state index in [4.69, 9.17) is 24.2 Å². The summed E-state index contributed by atoms with van der Waals surface area (Å²) in [7, 11) is 1.58. The van der Waals surface area contributed by atoms with E-state index in [9.17, 15) is 24.3 Å². The quantitative estimate of drug-likeness (QED) is 0.198. The van der Waals surface area contributed by atoms with Gasteiger partial charge in [0.15, 0.2) is 5.13 Å². The Labute approximate surface area is 318 Å². The van der Waals surface area contributed by atoms with Crippen LogP contribution in [-0.4, -0.2) is 93.9 Å². The van der Waals surface area contributed by atoms with Crippen LogP contribution in [0.1, 0.15) is 77.6 Å². The molecule has 54 heavy (non-hydrogen) atoms. The van der Waals surface area contributed by atoms with Crippen molar-refractivity contribution in [2.24, 2.45) is 5.92 Å². The number of thiazole rings is 1. The summed E-state index contributed by atoms with van der Waals surface area (Å²) in [6, 6.07) is 5.30. The van der Waals surface area contributed by atoms with Crippen molar-refractivity contribution in [3.63, 3.8) is 0 Å². The first-order valence-electron chi connectivity index (χ1n) is 19.0. The molecule has 7 rings (SSSR count). The minimum absolute atomic E-state index is 0.0345. The minimum Gasteiger partial charge on any atom is -0.497 e. The summed E-state index contributed by atoms with van der Waals surface area (Å²) in [5.41, 5.74) is 0.403. The number of alkyl carbamates (subject to hydrolysis) is 1. The monoisotopic (exact) mass is 760 g/mol. The first-order chi connectivity index (χ1) is 26.2. The Hall–Kier alpha value is -4.92. The highest BCUT2D eigenvalue weighted by atomic mass is 32.1. The van der Waals surface area contributed by atoms with Gasteiger partial charge in [0.2, 0.25) is 11.8 Å². The van der Waals surface area contributed by atoms with Crippen LogP contribution in [0.2, 0.25) is 0 Å². The highest BCUT2D eigenvalue weighted by Gasteiger charge is 2.61. The van der Waals surface area contributed by atoms with Crippen molar-refractivity contribution in [2.75, 3.05) is 25.5 Å². The highest BCUT2D eigenvalue weighted by molar-refractivity contribution is 7.14. The van der Waals surface area contributed by atoms with E-state index in [0.717, 1.165) is 56.6 Å². The van der Waals surface area contributed by atoms with Gasteiger partial charge in [-0.05, 0) is 70.4 Å². The van der Waals surface area contributed by atoms with Gasteiger partial charge in [0.05, 0.1) is 24.9 Å². The molecule has 0 bridgehead atoms. The summed E-state index contributed by atoms with van der Waals surface area (Å²) in [6.45, 7) is 2.75. The lowest BCUT2D eigenvalue weighted by Crippen LogP contribution is -2.56. The first kappa shape index (κ1) is 37.4. The summed E-state index contributed by atoms with van der Waals surface area (Å²) >= 11 is 1.47. The molecule has 3 amide bonds. The fraction of sp³-hybridized carbons (Fsp3) is 0.538. The van der Waals surface area contributed by atoms with E-state index in [1.54, 1.807) is 7.11 Å². The molecule has 0 radical (unpaired) electrons. The number of carbonyl (C=O) groups excluding carboxylic acids is 3. The van der Waals surface area contributed by atoms with Crippen LogP contribution in [0.25, 0.3) is 22.3 Å². The Balaban J connectivity index is 1.20. The zero-order valence-electron chi connectivity index (χ0n) is 30.7. The third-order valence-electron chi connectivity index (χ3n) is 10.9. The van der Waals surface area contributed by atoms with Gasteiger partial charge < -0.3 is 40.2 Å². The summed E-state index contributed by atoms with van der Waals surface area (Å²) in [5, 5.41) is 22.5. The molecular weight excluding hydrogens is 713 g/mol. The largest absolute Gasteiger partial charge is 0.497 e. The molecule has 1 saturated heterocycles. The Morgan fingerprint density at radius 1 is 1.06 bits per heavy atom. The summed E-state index contributed by atoms with van der Waals surface area (Å²) in [4.78, 5) is 65.4. The normalized spacial score (nSPS) is 26.8. The van der Waals surface area contributed by atoms with Gasteiger partial charge in [-0.1, -0.05) is 25.0 Å². The molecule has 15 heteroatoms. The lowest BCUT2D eigenvalue weighted by atomic mass is 10.0. The van der Waals surface area contributed by atoms with Gasteiger partial charge >= 0.3 is 12.1 Å². The average Bonchev–Trinajstić information content (AvgIpc) is 3.59. The maximum atomic E-state index is 14.5. The van der Waals surface area contributed by atoms with E-state index >= 15 is 0 Å². The number of allylic oxidation sites excluding steroid dienone is 1. The fourth-order valence-electron chi connectivity index (χ4n) is 7.82. The number of aromatic nitrogens is 2. The first-order valence-corrected chi connectivity index (χ1v) is 19.9. The van der Waals surface area contributed by atoms with Crippen LogP contribution in [0.4, 0.5) is 9.93 Å². The Kier molecular flexibility index (Phi) is 11.2. The van der Waals surface area contributed by atoms with E-state index in [0.29, 0.717) is 46.6 Å². The molecule has 0 unspecified atom stereocenters. The predicted molar refractivity (Wildman–Crippen MR) is 203 cm³/mol. The molecule has 3 fully saturated rings. The van der Waals surface area contributed by atoms with Crippen LogP contribution in [0.15, 0.2) is 41.8 Å². The number of carboxylic acid groups (broad SMARTS) is 1. The molecule has 2 aliphatic heterocycles. The zero-order valence-corrected chi connectivity index (χ0v) is 31.5. The molecule has 4 heterocycles. The molecule has 2 saturated carbocycles. The number of fused-ring (bicyclic) bond motifs is 3. The van der Waals surface area contributed by atoms with Crippen molar-refractivity contribution in [1.29, 1.82) is 0 Å². The molecule has 0 spiro atoms. The minimum atomic E-state index is -1.45. The molecule has 4 aliphatic rings. The van der Waals surface area contributed by atoms with Gasteiger partial charge in [0.25, 0.3) is 0 Å². The molecule has 1 aromatic carbocycles. The van der Waals surface area contributed by atoms with Gasteiger partial charge in [0, 0.05) is 41.8 Å². The van der Waals surface area contributed by atoms with Gasteiger partial charge in [-0.3, -0.25) is 9.59 Å². The number of rotatable bonds is 9. The van der Waals surface area contributed by atoms with Crippen molar-refractivity contribution < 1.29 is 38.5 Å². The number of ether oxygens (including phenoxy) is 3. The predicted octanol–water partition coefficient (Wildman–Crippen LogP) is 5.66. The lowest BCUT2D eigenvalue weighted by Gasteiger charge is -2.29. The standard InChI is InChI=1S/C39H48N6O8S/c1-3-40-37-42-31(22-54-37)30-19-33(27-16-15-25(51-2)17-29(27)41-30)52-26-18-32-34(46)44-39(36(48)49)20-23(39)11-7-5-4-6-8-14-28(35(47)45(32)21-26)43-38(50)53-24-12-9-10-13-24/h7,11,15-17,19,22-24,26,28,32H,3-6,8-10,12-14,18,20-21H2,1-2H3,(H,40,42)(H,43,50)(H,44,46)(H,48,49)/b11-7-/t23-,26-,28+,32+,39-/m1/s1. The molecule has 288 valence electrons. The van der Waals surface area contributed by atoms with Crippen molar-refractivity contribution in [3.8, 4) is 22.9 Å². The number of pyridine rings is 1. The number of methoxy groups -OCH3 is 1. The topological polar surface area (TPSA) is 181 Å². The van der Waals surface area contributed by atoms with E-state index in [1.165, 1.54) is 16.2 Å². The van der Waals surface area contributed by atoms with Crippen LogP contribution in [0.5, 0.6) is 11.5 Å². The van der Waals surface area contributed by atoms with E-state index in [-0.39, 0.29) is 31.4 Å². The second-order valence-corrected chi connectivity index (χ2v) is 15.4. The number of nitrogens with one attached hydrogen (secondary N) is 3. The number of nitrogens with zero attached hydrogens (tertiary/aromatic N) is 3. The number of benzene rings is 1. The zero-order chi connectivity index (χ0) is 37.8. The van der Waals surface area contributed by atoms with Gasteiger partial charge in [-0.25, -0.2) is 19.6 Å². The Bertz CT molecular complexity index is 1910. The van der Waals surface area contributed by atoms with E-state index < -0.39 is 47.6 Å². The van der Waals surface area contributed by atoms with E-state index in [2.05, 4.69) is 16.0 Å². The summed E-state index contributed by atoms with van der Waals surface area (Å²) in [5.74, 6) is -1.36. The van der Waals surface area contributed by atoms with E-state index in [1.807, 2.05) is 48.7 Å². The molecule has 2 aromatic heterocycles. The SMILES string of the molecule is CCNc1nc(-c2cc(O[C@@H]3C[C@H]4C(=O)N[C@]5(C(=O)O)C[C@H]5/C=C\CCCCC[C@H](NC(=O)OC5CCCC5)C(=O)N4C3)c3ccc(OC)cc3n2)cs1. The van der Waals surface area contributed by atoms with Gasteiger partial charge in [-0.2, -0.15) is 0 Å². The Morgan fingerprint density at radius 3 is 2.65 bits per heavy atom. The average molecular weight is 761 g/mol. The Morgan fingerprint density at radius 2 is 1.87 bits per heavy atom. The number of anilines is 1. The van der Waals surface area contributed by atoms with Crippen LogP contribution in [-0.2, 0) is 19.1 Å². The number of hydrogen-bond acceptors (Lipinski definition) is 11. The highest BCUT2D eigenvalue weighted by Crippen LogP contribution is 2.45.